The van der Waals surface area contributed by atoms with Crippen LogP contribution in [-0.4, -0.2) is 78.1 Å². The van der Waals surface area contributed by atoms with E-state index in [4.69, 9.17) is 9.47 Å². The molecule has 9 nitrogen and oxygen atoms in total. The molecule has 0 aromatic carbocycles. The monoisotopic (exact) mass is 379 g/mol. The van der Waals surface area contributed by atoms with E-state index in [2.05, 4.69) is 10.4 Å². The highest BCUT2D eigenvalue weighted by atomic mass is 16.5. The van der Waals surface area contributed by atoms with Gasteiger partial charge in [0.2, 0.25) is 5.91 Å². The van der Waals surface area contributed by atoms with Gasteiger partial charge < -0.3 is 24.6 Å². The molecule has 2 aliphatic rings. The van der Waals surface area contributed by atoms with Gasteiger partial charge in [0.05, 0.1) is 43.7 Å². The van der Waals surface area contributed by atoms with E-state index in [1.807, 2.05) is 10.7 Å². The average molecular weight is 379 g/mol. The van der Waals surface area contributed by atoms with Gasteiger partial charge in [-0.25, -0.2) is 4.79 Å². The Labute approximate surface area is 159 Å². The lowest BCUT2D eigenvalue weighted by Crippen LogP contribution is -2.43. The number of hydrogen-bond acceptors (Lipinski definition) is 5. The maximum absolute atomic E-state index is 12.1. The highest BCUT2D eigenvalue weighted by Gasteiger charge is 2.23. The van der Waals surface area contributed by atoms with Crippen molar-refractivity contribution >= 4 is 11.9 Å². The molecule has 0 bridgehead atoms. The zero-order valence-electron chi connectivity index (χ0n) is 16.1. The summed E-state index contributed by atoms with van der Waals surface area (Å²) in [4.78, 5) is 27.4. The topological polar surface area (TPSA) is 88.9 Å². The predicted octanol–water partition coefficient (Wildman–Crippen LogP) is 0.582. The average Bonchev–Trinajstić information content (AvgIpc) is 3.08. The van der Waals surface area contributed by atoms with E-state index in [1.54, 1.807) is 23.9 Å². The molecule has 0 aliphatic carbocycles. The molecule has 3 amide bonds. The third-order valence-corrected chi connectivity index (χ3v) is 4.78. The number of fused-ring (bicyclic) bond motifs is 1. The van der Waals surface area contributed by atoms with Crippen molar-refractivity contribution in [2.45, 2.75) is 45.0 Å². The number of nitrogens with one attached hydrogen (secondary N) is 1. The minimum Gasteiger partial charge on any atom is -0.376 e. The van der Waals surface area contributed by atoms with Crippen LogP contribution in [0.3, 0.4) is 0 Å². The third kappa shape index (κ3) is 5.43. The molecular weight excluding hydrogens is 350 g/mol. The van der Waals surface area contributed by atoms with E-state index in [-0.39, 0.29) is 24.6 Å². The number of hydrogen-bond donors (Lipinski definition) is 1. The van der Waals surface area contributed by atoms with Gasteiger partial charge in [0.15, 0.2) is 0 Å². The molecule has 9 heteroatoms. The van der Waals surface area contributed by atoms with Gasteiger partial charge >= 0.3 is 6.03 Å². The first-order chi connectivity index (χ1) is 13.0. The molecule has 150 valence electrons. The summed E-state index contributed by atoms with van der Waals surface area (Å²) < 4.78 is 12.9. The van der Waals surface area contributed by atoms with E-state index in [0.29, 0.717) is 32.8 Å². The highest BCUT2D eigenvalue weighted by Crippen LogP contribution is 2.15. The Hall–Kier alpha value is -2.13. The molecule has 1 atom stereocenters. The Bertz CT molecular complexity index is 654. The summed E-state index contributed by atoms with van der Waals surface area (Å²) in [7, 11) is 3.50. The smallest absolute Gasteiger partial charge is 0.319 e. The van der Waals surface area contributed by atoms with Gasteiger partial charge in [0, 0.05) is 27.2 Å². The first-order valence-electron chi connectivity index (χ1n) is 9.51. The lowest BCUT2D eigenvalue weighted by molar-refractivity contribution is -0.128. The molecular formula is C18H29N5O4. The van der Waals surface area contributed by atoms with Crippen LogP contribution in [0.15, 0.2) is 6.07 Å². The Morgan fingerprint density at radius 3 is 2.96 bits per heavy atom. The summed E-state index contributed by atoms with van der Waals surface area (Å²) in [5, 5.41) is 7.33. The molecule has 0 radical (unpaired) electrons. The Balaban J connectivity index is 1.40. The molecule has 3 rings (SSSR count). The van der Waals surface area contributed by atoms with Crippen molar-refractivity contribution in [2.24, 2.45) is 0 Å². The fraction of sp³-hybridized carbons (Fsp3) is 0.722. The predicted molar refractivity (Wildman–Crippen MR) is 98.0 cm³/mol. The number of amides is 3. The van der Waals surface area contributed by atoms with Crippen molar-refractivity contribution in [1.29, 1.82) is 0 Å². The van der Waals surface area contributed by atoms with Crippen molar-refractivity contribution < 1.29 is 19.1 Å². The number of carbonyl (C=O) groups is 2. The fourth-order valence-corrected chi connectivity index (χ4v) is 3.32. The summed E-state index contributed by atoms with van der Waals surface area (Å²) in [6.07, 6.45) is 3.37. The van der Waals surface area contributed by atoms with Gasteiger partial charge in [-0.3, -0.25) is 9.48 Å². The van der Waals surface area contributed by atoms with E-state index in [9.17, 15) is 9.59 Å². The van der Waals surface area contributed by atoms with Crippen LogP contribution < -0.4 is 5.32 Å². The van der Waals surface area contributed by atoms with Crippen molar-refractivity contribution in [3.05, 3.63) is 17.5 Å². The molecule has 0 saturated carbocycles. The van der Waals surface area contributed by atoms with E-state index < -0.39 is 0 Å². The van der Waals surface area contributed by atoms with Crippen LogP contribution in [0.5, 0.6) is 0 Å². The number of ether oxygens (including phenoxy) is 2. The van der Waals surface area contributed by atoms with Crippen LogP contribution in [0.4, 0.5) is 4.79 Å². The molecule has 27 heavy (non-hydrogen) atoms. The zero-order valence-corrected chi connectivity index (χ0v) is 16.1. The second kappa shape index (κ2) is 9.18. The first-order valence-corrected chi connectivity index (χ1v) is 9.51. The first kappa shape index (κ1) is 19.6. The molecule has 1 aromatic heterocycles. The quantitative estimate of drug-likeness (QED) is 0.781. The largest absolute Gasteiger partial charge is 0.376 e. The molecule has 1 fully saturated rings. The van der Waals surface area contributed by atoms with Crippen LogP contribution in [0.1, 0.15) is 30.7 Å². The number of aromatic nitrogens is 2. The maximum atomic E-state index is 12.1. The molecule has 1 N–H and O–H groups in total. The summed E-state index contributed by atoms with van der Waals surface area (Å²) in [6, 6.07) is 1.93. The van der Waals surface area contributed by atoms with Crippen molar-refractivity contribution in [3.8, 4) is 0 Å². The Morgan fingerprint density at radius 1 is 1.37 bits per heavy atom. The van der Waals surface area contributed by atoms with Crippen molar-refractivity contribution in [2.75, 3.05) is 40.5 Å². The Kier molecular flexibility index (Phi) is 6.68. The van der Waals surface area contributed by atoms with Gasteiger partial charge in [-0.15, -0.1) is 0 Å². The molecule has 1 aromatic rings. The SMILES string of the molecule is CN(C)C(=O)N1CCn2nc(CNC(=O)COC[C@@H]3CCCCO3)cc2C1. The van der Waals surface area contributed by atoms with Gasteiger partial charge in [0.25, 0.3) is 0 Å². The van der Waals surface area contributed by atoms with Crippen LogP contribution in [-0.2, 0) is 33.9 Å². The standard InChI is InChI=1S/C18H29N5O4/c1-21(2)18(25)22-6-7-23-15(11-22)9-14(20-23)10-19-17(24)13-26-12-16-5-3-4-8-27-16/h9,16H,3-8,10-13H2,1-2H3,(H,19,24)/t16-/m0/s1. The number of nitrogens with zero attached hydrogens (tertiary/aromatic N) is 4. The van der Waals surface area contributed by atoms with Crippen molar-refractivity contribution in [1.82, 2.24) is 24.9 Å². The third-order valence-electron chi connectivity index (χ3n) is 4.78. The van der Waals surface area contributed by atoms with Gasteiger partial charge in [-0.1, -0.05) is 0 Å². The number of rotatable bonds is 6. The molecule has 0 spiro atoms. The highest BCUT2D eigenvalue weighted by molar-refractivity contribution is 5.77. The molecule has 3 heterocycles. The second-order valence-electron chi connectivity index (χ2n) is 7.23. The summed E-state index contributed by atoms with van der Waals surface area (Å²) in [5.74, 6) is -0.166. The zero-order chi connectivity index (χ0) is 19.2. The van der Waals surface area contributed by atoms with Gasteiger partial charge in [-0.05, 0) is 25.3 Å². The van der Waals surface area contributed by atoms with E-state index >= 15 is 0 Å². The van der Waals surface area contributed by atoms with E-state index in [1.165, 1.54) is 0 Å². The van der Waals surface area contributed by atoms with Crippen molar-refractivity contribution in [3.63, 3.8) is 0 Å². The van der Waals surface area contributed by atoms with Crippen LogP contribution >= 0.6 is 0 Å². The minimum atomic E-state index is -0.166. The lowest BCUT2D eigenvalue weighted by Gasteiger charge is -2.29. The number of carbonyl (C=O) groups excluding carboxylic acids is 2. The van der Waals surface area contributed by atoms with Gasteiger partial charge in [0.1, 0.15) is 6.61 Å². The Morgan fingerprint density at radius 2 is 2.22 bits per heavy atom. The van der Waals surface area contributed by atoms with Gasteiger partial charge in [-0.2, -0.15) is 5.10 Å². The van der Waals surface area contributed by atoms with Crippen LogP contribution in [0.25, 0.3) is 0 Å². The van der Waals surface area contributed by atoms with E-state index in [0.717, 1.165) is 37.3 Å². The van der Waals surface area contributed by atoms with Crippen LogP contribution in [0, 0.1) is 0 Å². The summed E-state index contributed by atoms with van der Waals surface area (Å²) in [5.41, 5.74) is 1.76. The molecule has 0 unspecified atom stereocenters. The lowest BCUT2D eigenvalue weighted by atomic mass is 10.1. The fourth-order valence-electron chi connectivity index (χ4n) is 3.32. The minimum absolute atomic E-state index is 0.00334. The second-order valence-corrected chi connectivity index (χ2v) is 7.23. The molecule has 2 aliphatic heterocycles. The summed E-state index contributed by atoms with van der Waals surface area (Å²) >= 11 is 0. The number of urea groups is 1. The molecule has 1 saturated heterocycles. The van der Waals surface area contributed by atoms with Crippen LogP contribution in [0.2, 0.25) is 0 Å². The maximum Gasteiger partial charge on any atom is 0.319 e. The summed E-state index contributed by atoms with van der Waals surface area (Å²) in [6.45, 7) is 3.44. The normalized spacial score (nSPS) is 19.5.